The van der Waals surface area contributed by atoms with Gasteiger partial charge in [0.2, 0.25) is 5.91 Å². The second kappa shape index (κ2) is 7.54. The van der Waals surface area contributed by atoms with Crippen molar-refractivity contribution in [2.75, 3.05) is 32.7 Å². The molecule has 2 aliphatic heterocycles. The fraction of sp³-hybridized carbons (Fsp3) is 0.929. The number of carbonyl (C=O) groups excluding carboxylic acids is 1. The molecule has 2 rings (SSSR count). The van der Waals surface area contributed by atoms with Crippen molar-refractivity contribution in [2.24, 2.45) is 0 Å². The molecule has 0 aromatic heterocycles. The summed E-state index contributed by atoms with van der Waals surface area (Å²) in [4.78, 5) is 15.6. The summed E-state index contributed by atoms with van der Waals surface area (Å²) in [7, 11) is -4.59. The SMILES string of the molecule is O=C1CC(S(=O)(=O)F)CN1CCCCN1CCCCCC1. The van der Waals surface area contributed by atoms with Crippen molar-refractivity contribution in [3.05, 3.63) is 0 Å². The molecule has 0 spiro atoms. The molecular formula is C14H25FN2O3S. The predicted octanol–water partition coefficient (Wildman–Crippen LogP) is 1.54. The van der Waals surface area contributed by atoms with Crippen LogP contribution < -0.4 is 0 Å². The van der Waals surface area contributed by atoms with Crippen molar-refractivity contribution in [3.63, 3.8) is 0 Å². The maximum atomic E-state index is 12.9. The zero-order valence-corrected chi connectivity index (χ0v) is 13.3. The third-order valence-corrected chi connectivity index (χ3v) is 5.54. The van der Waals surface area contributed by atoms with Gasteiger partial charge in [0.05, 0.1) is 0 Å². The van der Waals surface area contributed by atoms with E-state index in [4.69, 9.17) is 0 Å². The lowest BCUT2D eigenvalue weighted by atomic mass is 10.2. The molecule has 7 heteroatoms. The van der Waals surface area contributed by atoms with Gasteiger partial charge in [0.25, 0.3) is 0 Å². The van der Waals surface area contributed by atoms with Gasteiger partial charge in [-0.25, -0.2) is 0 Å². The molecule has 0 aliphatic carbocycles. The Kier molecular flexibility index (Phi) is 5.98. The second-order valence-electron chi connectivity index (χ2n) is 6.10. The predicted molar refractivity (Wildman–Crippen MR) is 79.2 cm³/mol. The molecule has 2 aliphatic rings. The third kappa shape index (κ3) is 5.21. The van der Waals surface area contributed by atoms with Gasteiger partial charge in [0.15, 0.2) is 0 Å². The molecule has 1 atom stereocenters. The van der Waals surface area contributed by atoms with Crippen LogP contribution in [0, 0.1) is 0 Å². The van der Waals surface area contributed by atoms with Gasteiger partial charge in [-0.15, -0.1) is 3.89 Å². The number of hydrogen-bond acceptors (Lipinski definition) is 4. The summed E-state index contributed by atoms with van der Waals surface area (Å²) in [6, 6.07) is 0. The maximum absolute atomic E-state index is 12.9. The van der Waals surface area contributed by atoms with Crippen molar-refractivity contribution in [3.8, 4) is 0 Å². The first kappa shape index (κ1) is 16.7. The second-order valence-corrected chi connectivity index (χ2v) is 7.72. The Morgan fingerprint density at radius 3 is 2.24 bits per heavy atom. The molecule has 0 radical (unpaired) electrons. The summed E-state index contributed by atoms with van der Waals surface area (Å²) in [6.07, 6.45) is 6.81. The molecule has 122 valence electrons. The Morgan fingerprint density at radius 2 is 1.67 bits per heavy atom. The largest absolute Gasteiger partial charge is 0.341 e. The Hall–Kier alpha value is -0.690. The number of unbranched alkanes of at least 4 members (excludes halogenated alkanes) is 1. The lowest BCUT2D eigenvalue weighted by Gasteiger charge is -2.21. The summed E-state index contributed by atoms with van der Waals surface area (Å²) in [5.74, 6) is -0.240. The summed E-state index contributed by atoms with van der Waals surface area (Å²) >= 11 is 0. The molecule has 21 heavy (non-hydrogen) atoms. The van der Waals surface area contributed by atoms with Crippen molar-refractivity contribution < 1.29 is 17.1 Å². The smallest absolute Gasteiger partial charge is 0.307 e. The van der Waals surface area contributed by atoms with E-state index in [1.165, 1.54) is 30.6 Å². The van der Waals surface area contributed by atoms with Gasteiger partial charge in [0, 0.05) is 19.5 Å². The van der Waals surface area contributed by atoms with E-state index >= 15 is 0 Å². The Labute approximate surface area is 126 Å². The minimum atomic E-state index is -4.59. The quantitative estimate of drug-likeness (QED) is 0.550. The molecule has 0 aromatic carbocycles. The van der Waals surface area contributed by atoms with Crippen LogP contribution in [0.25, 0.3) is 0 Å². The number of amides is 1. The highest BCUT2D eigenvalue weighted by molar-refractivity contribution is 7.87. The van der Waals surface area contributed by atoms with Gasteiger partial charge in [-0.05, 0) is 45.3 Å². The van der Waals surface area contributed by atoms with Crippen molar-refractivity contribution in [1.82, 2.24) is 9.80 Å². The number of halogens is 1. The summed E-state index contributed by atoms with van der Waals surface area (Å²) in [5, 5.41) is -1.16. The van der Waals surface area contributed by atoms with Gasteiger partial charge in [-0.1, -0.05) is 12.8 Å². The van der Waals surface area contributed by atoms with Gasteiger partial charge in [-0.3, -0.25) is 4.79 Å². The van der Waals surface area contributed by atoms with Gasteiger partial charge >= 0.3 is 10.2 Å². The van der Waals surface area contributed by atoms with E-state index in [1.54, 1.807) is 0 Å². The fourth-order valence-corrected chi connectivity index (χ4v) is 3.84. The van der Waals surface area contributed by atoms with Crippen LogP contribution in [-0.4, -0.2) is 62.1 Å². The van der Waals surface area contributed by atoms with E-state index in [0.717, 1.165) is 32.5 Å². The van der Waals surface area contributed by atoms with Crippen LogP contribution in [0.5, 0.6) is 0 Å². The normalized spacial score (nSPS) is 25.3. The van der Waals surface area contributed by atoms with Crippen LogP contribution in [0.4, 0.5) is 3.89 Å². The zero-order chi connectivity index (χ0) is 15.3. The van der Waals surface area contributed by atoms with Gasteiger partial charge in [0.1, 0.15) is 5.25 Å². The van der Waals surface area contributed by atoms with Crippen LogP contribution in [0.3, 0.4) is 0 Å². The first-order chi connectivity index (χ1) is 9.97. The summed E-state index contributed by atoms with van der Waals surface area (Å²) < 4.78 is 34.6. The van der Waals surface area contributed by atoms with E-state index in [2.05, 4.69) is 4.90 Å². The molecule has 0 N–H and O–H groups in total. The van der Waals surface area contributed by atoms with Gasteiger partial charge in [-0.2, -0.15) is 8.42 Å². The first-order valence-corrected chi connectivity index (χ1v) is 9.35. The summed E-state index contributed by atoms with van der Waals surface area (Å²) in [6.45, 7) is 3.91. The minimum Gasteiger partial charge on any atom is -0.341 e. The highest BCUT2D eigenvalue weighted by Gasteiger charge is 2.37. The molecule has 1 unspecified atom stereocenters. The van der Waals surface area contributed by atoms with E-state index < -0.39 is 15.5 Å². The number of hydrogen-bond donors (Lipinski definition) is 0. The van der Waals surface area contributed by atoms with Crippen molar-refractivity contribution in [2.45, 2.75) is 50.2 Å². The number of rotatable bonds is 6. The highest BCUT2D eigenvalue weighted by Crippen LogP contribution is 2.20. The number of likely N-dealkylation sites (tertiary alicyclic amines) is 2. The Balaban J connectivity index is 1.65. The van der Waals surface area contributed by atoms with Gasteiger partial charge < -0.3 is 9.80 Å². The average Bonchev–Trinajstić information content (AvgIpc) is 2.63. The minimum absolute atomic E-state index is 0.0153. The zero-order valence-electron chi connectivity index (χ0n) is 12.5. The maximum Gasteiger partial charge on any atom is 0.307 e. The van der Waals surface area contributed by atoms with E-state index in [0.29, 0.717) is 6.54 Å². The number of carbonyl (C=O) groups is 1. The van der Waals surface area contributed by atoms with Crippen LogP contribution in [0.2, 0.25) is 0 Å². The van der Waals surface area contributed by atoms with Crippen LogP contribution in [-0.2, 0) is 15.0 Å². The van der Waals surface area contributed by atoms with Crippen molar-refractivity contribution >= 4 is 16.1 Å². The third-order valence-electron chi connectivity index (χ3n) is 4.43. The topological polar surface area (TPSA) is 57.7 Å². The molecule has 2 saturated heterocycles. The molecule has 1 amide bonds. The Morgan fingerprint density at radius 1 is 1.05 bits per heavy atom. The highest BCUT2D eigenvalue weighted by atomic mass is 32.3. The van der Waals surface area contributed by atoms with Crippen LogP contribution in [0.1, 0.15) is 44.9 Å². The molecule has 0 saturated carbocycles. The van der Waals surface area contributed by atoms with E-state index in [9.17, 15) is 17.1 Å². The molecule has 2 heterocycles. The summed E-state index contributed by atoms with van der Waals surface area (Å²) in [5.41, 5.74) is 0. The van der Waals surface area contributed by atoms with E-state index in [-0.39, 0.29) is 18.9 Å². The van der Waals surface area contributed by atoms with E-state index in [1.807, 2.05) is 0 Å². The monoisotopic (exact) mass is 320 g/mol. The molecule has 5 nitrogen and oxygen atoms in total. The molecule has 0 aromatic rings. The lowest BCUT2D eigenvalue weighted by molar-refractivity contribution is -0.127. The van der Waals surface area contributed by atoms with Crippen LogP contribution in [0.15, 0.2) is 0 Å². The Bertz CT molecular complexity index is 447. The fourth-order valence-electron chi connectivity index (χ4n) is 3.14. The molecule has 2 fully saturated rings. The lowest BCUT2D eigenvalue weighted by Crippen LogP contribution is -2.30. The average molecular weight is 320 g/mol. The molecule has 0 bridgehead atoms. The van der Waals surface area contributed by atoms with Crippen LogP contribution >= 0.6 is 0 Å². The molecular weight excluding hydrogens is 295 g/mol. The standard InChI is InChI=1S/C14H25FN2O3S/c15-21(19,20)13-11-14(18)17(12-13)10-6-5-9-16-7-3-1-2-4-8-16/h13H,1-12H2. The first-order valence-electron chi connectivity index (χ1n) is 7.90. The number of nitrogens with zero attached hydrogens (tertiary/aromatic N) is 2. The van der Waals surface area contributed by atoms with Crippen molar-refractivity contribution in [1.29, 1.82) is 0 Å².